The van der Waals surface area contributed by atoms with E-state index in [0.29, 0.717) is 23.5 Å². The number of ether oxygens (including phenoxy) is 1. The standard InChI is InChI=1S/C63H75N7O8/c1-7-39(3)58(72)66-51-37-70(53-23-14-13-22-52(53)69(62(51)76)36-50-49-30-24-38(2)32-46(49)29-31-56(50)78-6)61(75)44-27-25-43(26-28-44)60(74)65-47-34-54(55(71)33-45-20-15-19-41-16-11-12-21-48(41)45)68(35-47)63(77)57(42-17-9-8-10-18-42)67-59(73)40(4)64-5/h11-14,16,21-32,39-40,42,45,47,51,54,57,64H,7-10,15,17-20,33-37H2,1-6H3,(H,65,74)(H,66,72)(H,67,73)/t39-,40+,45+,47+,51+,54+,57+/m1/s1. The number of likely N-dealkylation sites (N-methyl/N-ethyl adjacent to an activating group) is 1. The molecule has 0 bridgehead atoms. The molecule has 0 unspecified atom stereocenters. The number of Topliss-reactive ketones (excluding diaryl/α,β-unsaturated/α-hetero) is 1. The van der Waals surface area contributed by atoms with Crippen molar-refractivity contribution in [2.75, 3.05) is 37.0 Å². The third-order valence-corrected chi connectivity index (χ3v) is 16.9. The first-order valence-corrected chi connectivity index (χ1v) is 28.1. The van der Waals surface area contributed by atoms with E-state index < -0.39 is 47.9 Å². The Morgan fingerprint density at radius 3 is 2.22 bits per heavy atom. The van der Waals surface area contributed by atoms with Gasteiger partial charge in [-0.3, -0.25) is 33.6 Å². The molecule has 2 aliphatic heterocycles. The smallest absolute Gasteiger partial charge is 0.258 e. The molecule has 2 heterocycles. The number of hydrogen-bond donors (Lipinski definition) is 4. The van der Waals surface area contributed by atoms with Crippen molar-refractivity contribution < 1.29 is 38.3 Å². The summed E-state index contributed by atoms with van der Waals surface area (Å²) in [6.07, 6.45) is 8.33. The van der Waals surface area contributed by atoms with Crippen molar-refractivity contribution in [3.05, 3.63) is 137 Å². The quantitative estimate of drug-likeness (QED) is 0.0711. The molecule has 78 heavy (non-hydrogen) atoms. The maximum atomic E-state index is 15.0. The second-order valence-corrected chi connectivity index (χ2v) is 22.0. The number of nitrogens with zero attached hydrogens (tertiary/aromatic N) is 3. The second kappa shape index (κ2) is 24.5. The summed E-state index contributed by atoms with van der Waals surface area (Å²) in [6, 6.07) is 27.8. The van der Waals surface area contributed by atoms with Gasteiger partial charge in [-0.25, -0.2) is 0 Å². The third-order valence-electron chi connectivity index (χ3n) is 16.9. The first-order chi connectivity index (χ1) is 37.7. The van der Waals surface area contributed by atoms with Crippen LogP contribution in [0.3, 0.4) is 0 Å². The Kier molecular flexibility index (Phi) is 17.4. The number of carbonyl (C=O) groups excluding carboxylic acids is 7. The zero-order valence-electron chi connectivity index (χ0n) is 45.9. The van der Waals surface area contributed by atoms with Crippen molar-refractivity contribution in [2.45, 2.75) is 141 Å². The summed E-state index contributed by atoms with van der Waals surface area (Å²) in [4.78, 5) is 106. The molecular formula is C63H75N7O8. The highest BCUT2D eigenvalue weighted by molar-refractivity contribution is 6.13. The van der Waals surface area contributed by atoms with Gasteiger partial charge in [0.2, 0.25) is 17.7 Å². The Morgan fingerprint density at radius 2 is 1.49 bits per heavy atom. The summed E-state index contributed by atoms with van der Waals surface area (Å²) < 4.78 is 5.87. The number of anilines is 2. The van der Waals surface area contributed by atoms with Crippen LogP contribution in [-0.2, 0) is 36.9 Å². The van der Waals surface area contributed by atoms with Crippen LogP contribution in [0.15, 0.2) is 103 Å². The number of hydrogen-bond acceptors (Lipinski definition) is 9. The van der Waals surface area contributed by atoms with Gasteiger partial charge in [0.1, 0.15) is 17.8 Å². The van der Waals surface area contributed by atoms with Crippen LogP contribution in [0.1, 0.15) is 134 Å². The molecule has 410 valence electrons. The van der Waals surface area contributed by atoms with E-state index >= 15 is 0 Å². The van der Waals surface area contributed by atoms with Crippen LogP contribution in [0.2, 0.25) is 0 Å². The molecule has 1 saturated carbocycles. The average Bonchev–Trinajstić information content (AvgIpc) is 4.01. The molecule has 1 saturated heterocycles. The van der Waals surface area contributed by atoms with Gasteiger partial charge < -0.3 is 40.7 Å². The molecule has 4 aliphatic rings. The maximum absolute atomic E-state index is 15.0. The van der Waals surface area contributed by atoms with E-state index in [9.17, 15) is 33.6 Å². The molecule has 0 spiro atoms. The summed E-state index contributed by atoms with van der Waals surface area (Å²) in [5, 5.41) is 14.0. The lowest BCUT2D eigenvalue weighted by Crippen LogP contribution is -2.57. The van der Waals surface area contributed by atoms with Crippen LogP contribution in [-0.4, -0.2) is 104 Å². The van der Waals surface area contributed by atoms with Crippen LogP contribution < -0.4 is 35.8 Å². The number of nitrogens with one attached hydrogen (secondary N) is 4. The van der Waals surface area contributed by atoms with Gasteiger partial charge in [-0.15, -0.1) is 0 Å². The van der Waals surface area contributed by atoms with E-state index in [4.69, 9.17) is 4.74 Å². The molecule has 0 aromatic heterocycles. The first-order valence-electron chi connectivity index (χ1n) is 28.1. The number of methoxy groups -OCH3 is 1. The fraction of sp³-hybridized carbons (Fsp3) is 0.444. The molecular weight excluding hydrogens is 983 g/mol. The van der Waals surface area contributed by atoms with Gasteiger partial charge in [0.15, 0.2) is 5.78 Å². The number of benzene rings is 5. The van der Waals surface area contributed by atoms with E-state index in [1.807, 2.05) is 56.3 Å². The number of fused-ring (bicyclic) bond motifs is 3. The van der Waals surface area contributed by atoms with Crippen molar-refractivity contribution >= 4 is 63.4 Å². The normalized spacial score (nSPS) is 20.6. The highest BCUT2D eigenvalue weighted by Crippen LogP contribution is 2.39. The van der Waals surface area contributed by atoms with Crippen molar-refractivity contribution in [1.29, 1.82) is 0 Å². The Bertz CT molecular complexity index is 3060. The van der Waals surface area contributed by atoms with Crippen molar-refractivity contribution in [2.24, 2.45) is 11.8 Å². The Labute approximate surface area is 458 Å². The molecule has 15 heteroatoms. The highest BCUT2D eigenvalue weighted by atomic mass is 16.5. The first kappa shape index (κ1) is 55.4. The second-order valence-electron chi connectivity index (χ2n) is 22.0. The molecule has 5 aromatic carbocycles. The molecule has 9 rings (SSSR count). The van der Waals surface area contributed by atoms with Crippen LogP contribution in [0.4, 0.5) is 11.4 Å². The molecule has 5 aromatic rings. The molecule has 15 nitrogen and oxygen atoms in total. The minimum Gasteiger partial charge on any atom is -0.496 e. The zero-order valence-corrected chi connectivity index (χ0v) is 45.9. The van der Waals surface area contributed by atoms with E-state index in [2.05, 4.69) is 39.5 Å². The number of likely N-dealkylation sites (tertiary alicyclic amines) is 1. The number of rotatable bonds is 17. The lowest BCUT2D eigenvalue weighted by Gasteiger charge is -2.35. The summed E-state index contributed by atoms with van der Waals surface area (Å²) in [5.74, 6) is -2.10. The predicted octanol–water partition coefficient (Wildman–Crippen LogP) is 8.33. The number of ketones is 1. The number of para-hydroxylation sites is 2. The van der Waals surface area contributed by atoms with Gasteiger partial charge >= 0.3 is 0 Å². The fourth-order valence-corrected chi connectivity index (χ4v) is 12.1. The van der Waals surface area contributed by atoms with Gasteiger partial charge in [-0.05, 0) is 142 Å². The molecule has 6 amide bonds. The summed E-state index contributed by atoms with van der Waals surface area (Å²) in [7, 11) is 3.29. The number of amides is 6. The Morgan fingerprint density at radius 1 is 0.769 bits per heavy atom. The predicted molar refractivity (Wildman–Crippen MR) is 303 cm³/mol. The fourth-order valence-electron chi connectivity index (χ4n) is 12.1. The topological polar surface area (TPSA) is 187 Å². The van der Waals surface area contributed by atoms with E-state index in [-0.39, 0.29) is 84.9 Å². The minimum atomic E-state index is -1.12. The Hall–Kier alpha value is -7.39. The van der Waals surface area contributed by atoms with Crippen molar-refractivity contribution in [3.63, 3.8) is 0 Å². The molecule has 0 radical (unpaired) electrons. The minimum absolute atomic E-state index is 0.0137. The zero-order chi connectivity index (χ0) is 55.2. The molecule has 2 aliphatic carbocycles. The van der Waals surface area contributed by atoms with Crippen LogP contribution in [0.5, 0.6) is 5.75 Å². The summed E-state index contributed by atoms with van der Waals surface area (Å²) >= 11 is 0. The van der Waals surface area contributed by atoms with E-state index in [1.54, 1.807) is 80.3 Å². The average molecular weight is 1060 g/mol. The number of aryl methyl sites for hydroxylation is 2. The molecule has 4 N–H and O–H groups in total. The van der Waals surface area contributed by atoms with Crippen LogP contribution in [0, 0.1) is 18.8 Å². The van der Waals surface area contributed by atoms with Gasteiger partial charge in [-0.1, -0.05) is 99.3 Å². The summed E-state index contributed by atoms with van der Waals surface area (Å²) in [6.45, 7) is 7.48. The lowest BCUT2D eigenvalue weighted by atomic mass is 9.79. The largest absolute Gasteiger partial charge is 0.496 e. The van der Waals surface area contributed by atoms with Gasteiger partial charge in [0.05, 0.1) is 43.7 Å². The lowest BCUT2D eigenvalue weighted by molar-refractivity contribution is -0.142. The SMILES string of the molecule is CC[C@@H](C)C(=O)N[C@H]1CN(C(=O)c2ccc(C(=O)N[C@H]3C[C@@H](C(=O)C[C@@H]4CCCc5ccccc54)N(C(=O)[C@@H](NC(=O)[C@H](C)NC)C4CCCCC4)C3)cc2)c2ccccc2N(Cc2c(OC)ccc3cc(C)ccc23)C1=O. The molecule has 7 atom stereocenters. The van der Waals surface area contributed by atoms with E-state index in [1.165, 1.54) is 16.0 Å². The highest BCUT2D eigenvalue weighted by Gasteiger charge is 2.45. The Balaban J connectivity index is 0.973. The monoisotopic (exact) mass is 1060 g/mol. The molecule has 2 fully saturated rings. The van der Waals surface area contributed by atoms with E-state index in [0.717, 1.165) is 73.3 Å². The van der Waals surface area contributed by atoms with Gasteiger partial charge in [-0.2, -0.15) is 0 Å². The van der Waals surface area contributed by atoms with Crippen molar-refractivity contribution in [1.82, 2.24) is 26.2 Å². The van der Waals surface area contributed by atoms with Gasteiger partial charge in [0, 0.05) is 41.6 Å². The maximum Gasteiger partial charge on any atom is 0.258 e. The van der Waals surface area contributed by atoms with Crippen LogP contribution >= 0.6 is 0 Å². The van der Waals surface area contributed by atoms with Crippen molar-refractivity contribution in [3.8, 4) is 5.75 Å². The third kappa shape index (κ3) is 11.9. The van der Waals surface area contributed by atoms with Gasteiger partial charge in [0.25, 0.3) is 17.7 Å². The number of carbonyl (C=O) groups is 7. The van der Waals surface area contributed by atoms with Crippen LogP contribution in [0.25, 0.3) is 10.8 Å². The summed E-state index contributed by atoms with van der Waals surface area (Å²) in [5.41, 5.74) is 5.72.